The number of hydrogen-bond acceptors (Lipinski definition) is 4. The van der Waals surface area contributed by atoms with E-state index in [9.17, 15) is 14.7 Å². The van der Waals surface area contributed by atoms with Crippen LogP contribution in [0.2, 0.25) is 0 Å². The second-order valence-electron chi connectivity index (χ2n) is 7.95. The first kappa shape index (κ1) is 18.1. The summed E-state index contributed by atoms with van der Waals surface area (Å²) in [4.78, 5) is 23.0. The Bertz CT molecular complexity index is 657. The highest BCUT2D eigenvalue weighted by molar-refractivity contribution is 5.97. The summed E-state index contributed by atoms with van der Waals surface area (Å²) in [5.41, 5.74) is 2.32. The van der Waals surface area contributed by atoms with Crippen molar-refractivity contribution in [3.05, 3.63) is 35.1 Å². The number of carbonyl (C=O) groups excluding carboxylic acids is 2. The zero-order valence-electron chi connectivity index (χ0n) is 15.2. The number of allylic oxidation sites excluding steroid dienone is 4. The molecule has 0 aromatic carbocycles. The summed E-state index contributed by atoms with van der Waals surface area (Å²) in [6, 6.07) is 0. The molecule has 4 nitrogen and oxygen atoms in total. The minimum absolute atomic E-state index is 0.128. The van der Waals surface area contributed by atoms with Gasteiger partial charge in [-0.3, -0.25) is 9.59 Å². The highest BCUT2D eigenvalue weighted by Crippen LogP contribution is 2.54. The van der Waals surface area contributed by atoms with Gasteiger partial charge in [0.05, 0.1) is 0 Å². The summed E-state index contributed by atoms with van der Waals surface area (Å²) in [6.45, 7) is 8.22. The normalized spacial score (nSPS) is 35.1. The number of aldehydes is 1. The van der Waals surface area contributed by atoms with Gasteiger partial charge in [0.25, 0.3) is 0 Å². The zero-order chi connectivity index (χ0) is 18.2. The first-order chi connectivity index (χ1) is 11.9. The topological polar surface area (TPSA) is 63.6 Å². The van der Waals surface area contributed by atoms with Crippen LogP contribution in [0.4, 0.5) is 0 Å². The average Bonchev–Trinajstić information content (AvgIpc) is 2.93. The van der Waals surface area contributed by atoms with E-state index in [-0.39, 0.29) is 17.3 Å². The first-order valence-electron chi connectivity index (χ1n) is 9.28. The van der Waals surface area contributed by atoms with Gasteiger partial charge in [0.15, 0.2) is 5.78 Å². The van der Waals surface area contributed by atoms with E-state index in [1.165, 1.54) is 5.57 Å². The smallest absolute Gasteiger partial charge is 0.162 e. The largest absolute Gasteiger partial charge is 0.488 e. The molecule has 4 heteroatoms. The summed E-state index contributed by atoms with van der Waals surface area (Å²) in [5, 5.41) is 10.2. The Labute approximate surface area is 149 Å². The maximum Gasteiger partial charge on any atom is 0.162 e. The number of carbonyl (C=O) groups is 2. The highest BCUT2D eigenvalue weighted by Gasteiger charge is 2.52. The maximum atomic E-state index is 12.3. The predicted octanol–water partition coefficient (Wildman–Crippen LogP) is 3.65. The fraction of sp³-hybridized carbons (Fsp3) is 0.619. The number of ketones is 1. The summed E-state index contributed by atoms with van der Waals surface area (Å²) in [6.07, 6.45) is 7.34. The van der Waals surface area contributed by atoms with Crippen molar-refractivity contribution in [1.29, 1.82) is 0 Å². The van der Waals surface area contributed by atoms with Crippen LogP contribution in [-0.2, 0) is 14.3 Å². The number of rotatable bonds is 5. The molecule has 0 aromatic heterocycles. The molecule has 25 heavy (non-hydrogen) atoms. The molecule has 136 valence electrons. The van der Waals surface area contributed by atoms with Crippen LogP contribution in [0.5, 0.6) is 0 Å². The number of Topliss-reactive ketones (excluding diaryl/α,β-unsaturated/α-hetero) is 1. The lowest BCUT2D eigenvalue weighted by Gasteiger charge is -2.43. The first-order valence-corrected chi connectivity index (χ1v) is 9.28. The van der Waals surface area contributed by atoms with E-state index in [1.807, 2.05) is 13.0 Å². The molecule has 1 aliphatic heterocycles. The van der Waals surface area contributed by atoms with Crippen LogP contribution in [0.15, 0.2) is 35.1 Å². The summed E-state index contributed by atoms with van der Waals surface area (Å²) < 4.78 is 6.23. The van der Waals surface area contributed by atoms with E-state index >= 15 is 0 Å². The SMILES string of the molecule is C=C(CC/C=C(\C)C=O)[C@@H]1CC[C@@]2(C)OC3=C(C[C@@H]12)C(=O)CC[C@@H]3O. The third kappa shape index (κ3) is 3.37. The van der Waals surface area contributed by atoms with Crippen LogP contribution < -0.4 is 0 Å². The molecule has 1 saturated carbocycles. The Morgan fingerprint density at radius 3 is 2.92 bits per heavy atom. The van der Waals surface area contributed by atoms with E-state index in [2.05, 4.69) is 13.5 Å². The molecular formula is C21H28O4. The van der Waals surface area contributed by atoms with Gasteiger partial charge in [-0.2, -0.15) is 0 Å². The Morgan fingerprint density at radius 1 is 1.44 bits per heavy atom. The van der Waals surface area contributed by atoms with Crippen LogP contribution in [0.3, 0.4) is 0 Å². The minimum Gasteiger partial charge on any atom is -0.488 e. The van der Waals surface area contributed by atoms with Gasteiger partial charge in [-0.15, -0.1) is 0 Å². The van der Waals surface area contributed by atoms with Crippen molar-refractivity contribution in [2.75, 3.05) is 0 Å². The fourth-order valence-electron chi connectivity index (χ4n) is 4.65. The summed E-state index contributed by atoms with van der Waals surface area (Å²) >= 11 is 0. The number of aliphatic hydroxyl groups excluding tert-OH is 1. The number of fused-ring (bicyclic) bond motifs is 1. The molecule has 0 unspecified atom stereocenters. The van der Waals surface area contributed by atoms with Crippen LogP contribution in [0.25, 0.3) is 0 Å². The average molecular weight is 344 g/mol. The van der Waals surface area contributed by atoms with E-state index in [1.54, 1.807) is 0 Å². The highest BCUT2D eigenvalue weighted by atomic mass is 16.5. The molecule has 1 heterocycles. The van der Waals surface area contributed by atoms with Crippen molar-refractivity contribution in [1.82, 2.24) is 0 Å². The van der Waals surface area contributed by atoms with Crippen LogP contribution >= 0.6 is 0 Å². The van der Waals surface area contributed by atoms with Crippen molar-refractivity contribution < 1.29 is 19.4 Å². The number of hydrogen-bond donors (Lipinski definition) is 1. The fourth-order valence-corrected chi connectivity index (χ4v) is 4.65. The van der Waals surface area contributed by atoms with Crippen molar-refractivity contribution in [2.45, 2.75) is 70.5 Å². The Kier molecular flexibility index (Phi) is 5.01. The maximum absolute atomic E-state index is 12.3. The molecule has 4 atom stereocenters. The number of aliphatic hydroxyl groups is 1. The quantitative estimate of drug-likeness (QED) is 0.470. The monoisotopic (exact) mass is 344 g/mol. The van der Waals surface area contributed by atoms with Crippen LogP contribution in [0, 0.1) is 11.8 Å². The molecule has 2 aliphatic carbocycles. The van der Waals surface area contributed by atoms with Crippen molar-refractivity contribution >= 4 is 12.1 Å². The van der Waals surface area contributed by atoms with Crippen LogP contribution in [-0.4, -0.2) is 28.9 Å². The Balaban J connectivity index is 1.75. The van der Waals surface area contributed by atoms with Crippen molar-refractivity contribution in [3.63, 3.8) is 0 Å². The number of ether oxygens (including phenoxy) is 1. The van der Waals surface area contributed by atoms with E-state index in [4.69, 9.17) is 4.74 Å². The van der Waals surface area contributed by atoms with Gasteiger partial charge in [0.2, 0.25) is 0 Å². The van der Waals surface area contributed by atoms with Crippen molar-refractivity contribution in [2.24, 2.45) is 11.8 Å². The molecule has 0 saturated heterocycles. The van der Waals surface area contributed by atoms with Gasteiger partial charge in [-0.25, -0.2) is 0 Å². The molecule has 0 spiro atoms. The van der Waals surface area contributed by atoms with Gasteiger partial charge < -0.3 is 9.84 Å². The Morgan fingerprint density at radius 2 is 2.20 bits per heavy atom. The van der Waals surface area contributed by atoms with Gasteiger partial charge in [-0.1, -0.05) is 18.2 Å². The molecule has 0 amide bonds. The molecule has 0 aromatic rings. The van der Waals surface area contributed by atoms with E-state index < -0.39 is 6.10 Å². The van der Waals surface area contributed by atoms with E-state index in [0.29, 0.717) is 36.5 Å². The van der Waals surface area contributed by atoms with Gasteiger partial charge in [0.1, 0.15) is 23.8 Å². The van der Waals surface area contributed by atoms with Crippen LogP contribution in [0.1, 0.15) is 58.8 Å². The second kappa shape index (κ2) is 6.91. The molecule has 3 rings (SSSR count). The van der Waals surface area contributed by atoms with E-state index in [0.717, 1.165) is 37.5 Å². The molecular weight excluding hydrogens is 316 g/mol. The molecule has 0 radical (unpaired) electrons. The van der Waals surface area contributed by atoms with Crippen molar-refractivity contribution in [3.8, 4) is 0 Å². The standard InChI is InChI=1S/C21H28O4/c1-13(12-22)5-4-6-14(2)15-9-10-21(3)17(15)11-16-18(23)7-8-19(24)20(16)25-21/h5,12,15,17,19,24H,2,4,6-11H2,1,3H3/b13-5+/t15-,17-,19-,21+/m0/s1. The third-order valence-electron chi connectivity index (χ3n) is 6.21. The summed E-state index contributed by atoms with van der Waals surface area (Å²) in [5.74, 6) is 1.23. The molecule has 0 bridgehead atoms. The third-order valence-corrected chi connectivity index (χ3v) is 6.21. The van der Waals surface area contributed by atoms with Gasteiger partial charge in [-0.05, 0) is 63.9 Å². The lowest BCUT2D eigenvalue weighted by atomic mass is 9.74. The van der Waals surface area contributed by atoms with Gasteiger partial charge >= 0.3 is 0 Å². The second-order valence-corrected chi connectivity index (χ2v) is 7.95. The zero-order valence-corrected chi connectivity index (χ0v) is 15.2. The molecule has 3 aliphatic rings. The minimum atomic E-state index is -0.635. The lowest BCUT2D eigenvalue weighted by Crippen LogP contribution is -2.44. The molecule has 1 N–H and O–H groups in total. The molecule has 1 fully saturated rings. The Hall–Kier alpha value is -1.68. The van der Waals surface area contributed by atoms with Gasteiger partial charge in [0, 0.05) is 17.9 Å². The summed E-state index contributed by atoms with van der Waals surface area (Å²) in [7, 11) is 0. The lowest BCUT2D eigenvalue weighted by molar-refractivity contribution is -0.122. The predicted molar refractivity (Wildman–Crippen MR) is 95.8 cm³/mol.